The number of aliphatic hydroxyl groups excluding tert-OH is 1. The van der Waals surface area contributed by atoms with Gasteiger partial charge in [0.05, 0.1) is 23.7 Å². The van der Waals surface area contributed by atoms with Crippen LogP contribution in [0.5, 0.6) is 0 Å². The molecule has 0 aliphatic heterocycles. The summed E-state index contributed by atoms with van der Waals surface area (Å²) in [5.41, 5.74) is 1.32. The van der Waals surface area contributed by atoms with Crippen LogP contribution in [0.3, 0.4) is 0 Å². The Morgan fingerprint density at radius 3 is 2.24 bits per heavy atom. The molecule has 1 N–H and O–H groups in total. The van der Waals surface area contributed by atoms with Gasteiger partial charge in [-0.15, -0.1) is 0 Å². The summed E-state index contributed by atoms with van der Waals surface area (Å²) < 4.78 is 28.4. The summed E-state index contributed by atoms with van der Waals surface area (Å²) >= 11 is 0. The first-order valence-corrected chi connectivity index (χ1v) is 9.20. The van der Waals surface area contributed by atoms with Crippen molar-refractivity contribution in [3.63, 3.8) is 0 Å². The molecule has 0 aliphatic rings. The summed E-state index contributed by atoms with van der Waals surface area (Å²) in [6.45, 7) is 1.40. The molecule has 0 aliphatic carbocycles. The first-order chi connectivity index (χ1) is 11.9. The molecule has 6 nitrogen and oxygen atoms in total. The van der Waals surface area contributed by atoms with Gasteiger partial charge in [-0.05, 0) is 19.1 Å². The lowest BCUT2D eigenvalue weighted by Crippen LogP contribution is -2.29. The van der Waals surface area contributed by atoms with E-state index < -0.39 is 15.6 Å². The van der Waals surface area contributed by atoms with Crippen LogP contribution in [-0.4, -0.2) is 28.9 Å². The molecular weight excluding hydrogens is 340 g/mol. The predicted octanol–water partition coefficient (Wildman–Crippen LogP) is 1.85. The monoisotopic (exact) mass is 358 g/mol. The molecule has 0 amide bonds. The molecule has 25 heavy (non-hydrogen) atoms. The Morgan fingerprint density at radius 1 is 1.00 bits per heavy atom. The van der Waals surface area contributed by atoms with Crippen LogP contribution in [0.2, 0.25) is 0 Å². The number of benzene rings is 2. The standard InChI is InChI=1S/C18H18N2O4S/c1-14-7-9-16(10-8-14)25(23,24)20-17(15-5-3-2-4-6-15)13-18(22)19(20)11-12-21/h2-10,13,21H,11-12H2,1H3. The van der Waals surface area contributed by atoms with Gasteiger partial charge in [-0.25, -0.2) is 4.68 Å². The van der Waals surface area contributed by atoms with Crippen molar-refractivity contribution >= 4 is 10.0 Å². The van der Waals surface area contributed by atoms with Gasteiger partial charge in [-0.3, -0.25) is 4.79 Å². The van der Waals surface area contributed by atoms with Crippen molar-refractivity contribution in [2.24, 2.45) is 0 Å². The molecule has 0 atom stereocenters. The Bertz CT molecular complexity index is 1030. The summed E-state index contributed by atoms with van der Waals surface area (Å²) in [4.78, 5) is 12.4. The molecule has 0 radical (unpaired) electrons. The van der Waals surface area contributed by atoms with E-state index in [1.807, 2.05) is 13.0 Å². The highest BCUT2D eigenvalue weighted by atomic mass is 32.2. The Morgan fingerprint density at radius 2 is 1.64 bits per heavy atom. The molecule has 3 rings (SSSR count). The quantitative estimate of drug-likeness (QED) is 0.755. The van der Waals surface area contributed by atoms with Gasteiger partial charge in [0.15, 0.2) is 0 Å². The highest BCUT2D eigenvalue weighted by Gasteiger charge is 2.25. The number of aromatic nitrogens is 2. The average Bonchev–Trinajstić information content (AvgIpc) is 2.94. The predicted molar refractivity (Wildman–Crippen MR) is 95.0 cm³/mol. The molecule has 0 saturated carbocycles. The van der Waals surface area contributed by atoms with E-state index in [9.17, 15) is 18.3 Å². The van der Waals surface area contributed by atoms with Gasteiger partial charge in [-0.1, -0.05) is 48.0 Å². The number of aryl methyl sites for hydroxylation is 1. The van der Waals surface area contributed by atoms with Gasteiger partial charge in [0.1, 0.15) is 0 Å². The largest absolute Gasteiger partial charge is 0.394 e. The van der Waals surface area contributed by atoms with Crippen LogP contribution in [0.4, 0.5) is 0 Å². The highest BCUT2D eigenvalue weighted by molar-refractivity contribution is 7.90. The first-order valence-electron chi connectivity index (χ1n) is 7.76. The van der Waals surface area contributed by atoms with Gasteiger partial charge >= 0.3 is 0 Å². The van der Waals surface area contributed by atoms with Gasteiger partial charge < -0.3 is 5.11 Å². The van der Waals surface area contributed by atoms with E-state index in [0.717, 1.165) is 14.3 Å². The third kappa shape index (κ3) is 3.16. The van der Waals surface area contributed by atoms with Crippen LogP contribution in [0.1, 0.15) is 5.56 Å². The molecule has 0 unspecified atom stereocenters. The zero-order valence-corrected chi connectivity index (χ0v) is 14.5. The molecule has 0 bridgehead atoms. The van der Waals surface area contributed by atoms with E-state index in [1.165, 1.54) is 18.2 Å². The molecular formula is C18H18N2O4S. The van der Waals surface area contributed by atoms with Crippen molar-refractivity contribution < 1.29 is 13.5 Å². The maximum absolute atomic E-state index is 13.2. The molecule has 3 aromatic rings. The van der Waals surface area contributed by atoms with E-state index >= 15 is 0 Å². The Balaban J connectivity index is 2.30. The van der Waals surface area contributed by atoms with Gasteiger partial charge in [0.25, 0.3) is 15.6 Å². The molecule has 0 fully saturated rings. The second-order valence-electron chi connectivity index (χ2n) is 5.64. The molecule has 7 heteroatoms. The fourth-order valence-electron chi connectivity index (χ4n) is 2.63. The topological polar surface area (TPSA) is 81.3 Å². The van der Waals surface area contributed by atoms with Gasteiger partial charge in [0.2, 0.25) is 0 Å². The molecule has 2 aromatic carbocycles. The maximum Gasteiger partial charge on any atom is 0.282 e. The molecule has 1 aromatic heterocycles. The minimum absolute atomic E-state index is 0.0811. The van der Waals surface area contributed by atoms with Crippen molar-refractivity contribution in [3.8, 4) is 11.3 Å². The first kappa shape index (κ1) is 17.2. The SMILES string of the molecule is Cc1ccc(S(=O)(=O)n2c(-c3ccccc3)cc(=O)n2CCO)cc1. The second-order valence-corrected chi connectivity index (χ2v) is 7.41. The van der Waals surface area contributed by atoms with Crippen molar-refractivity contribution in [2.75, 3.05) is 6.61 Å². The summed E-state index contributed by atoms with van der Waals surface area (Å²) in [5.74, 6) is 0. The van der Waals surface area contributed by atoms with E-state index in [2.05, 4.69) is 0 Å². The van der Waals surface area contributed by atoms with Crippen LogP contribution in [0.15, 0.2) is 70.4 Å². The molecule has 130 valence electrons. The van der Waals surface area contributed by atoms with Crippen LogP contribution >= 0.6 is 0 Å². The molecule has 0 spiro atoms. The molecule has 0 saturated heterocycles. The summed E-state index contributed by atoms with van der Waals surface area (Å²) in [6, 6.07) is 16.5. The van der Waals surface area contributed by atoms with Crippen LogP contribution < -0.4 is 5.56 Å². The van der Waals surface area contributed by atoms with Crippen molar-refractivity contribution in [2.45, 2.75) is 18.4 Å². The lowest BCUT2D eigenvalue weighted by atomic mass is 10.2. The zero-order valence-electron chi connectivity index (χ0n) is 13.7. The number of hydrogen-bond donors (Lipinski definition) is 1. The van der Waals surface area contributed by atoms with E-state index in [1.54, 1.807) is 36.4 Å². The lowest BCUT2D eigenvalue weighted by molar-refractivity contribution is 0.264. The van der Waals surface area contributed by atoms with Crippen molar-refractivity contribution in [1.29, 1.82) is 0 Å². The zero-order chi connectivity index (χ0) is 18.0. The Kier molecular flexibility index (Phi) is 4.61. The second kappa shape index (κ2) is 6.70. The van der Waals surface area contributed by atoms with E-state index in [-0.39, 0.29) is 23.7 Å². The number of hydrogen-bond acceptors (Lipinski definition) is 4. The normalized spacial score (nSPS) is 11.6. The fraction of sp³-hybridized carbons (Fsp3) is 0.167. The van der Waals surface area contributed by atoms with Crippen LogP contribution in [0.25, 0.3) is 11.3 Å². The van der Waals surface area contributed by atoms with E-state index in [0.29, 0.717) is 5.56 Å². The number of rotatable bonds is 5. The summed E-state index contributed by atoms with van der Waals surface area (Å²) in [5, 5.41) is 9.25. The summed E-state index contributed by atoms with van der Waals surface area (Å²) in [7, 11) is -4.00. The number of nitrogens with zero attached hydrogens (tertiary/aromatic N) is 2. The average molecular weight is 358 g/mol. The van der Waals surface area contributed by atoms with Gasteiger partial charge in [-0.2, -0.15) is 12.5 Å². The van der Waals surface area contributed by atoms with Crippen molar-refractivity contribution in [1.82, 2.24) is 8.77 Å². The Hall–Kier alpha value is -2.64. The highest BCUT2D eigenvalue weighted by Crippen LogP contribution is 2.23. The third-order valence-electron chi connectivity index (χ3n) is 3.87. The lowest BCUT2D eigenvalue weighted by Gasteiger charge is -2.15. The van der Waals surface area contributed by atoms with Crippen molar-refractivity contribution in [3.05, 3.63) is 76.6 Å². The minimum Gasteiger partial charge on any atom is -0.394 e. The smallest absolute Gasteiger partial charge is 0.282 e. The van der Waals surface area contributed by atoms with E-state index in [4.69, 9.17) is 0 Å². The fourth-order valence-corrected chi connectivity index (χ4v) is 4.15. The molecule has 1 heterocycles. The number of aliphatic hydroxyl groups is 1. The summed E-state index contributed by atoms with van der Waals surface area (Å²) in [6.07, 6.45) is 0. The van der Waals surface area contributed by atoms with Crippen LogP contribution in [0, 0.1) is 6.92 Å². The maximum atomic E-state index is 13.2. The van der Waals surface area contributed by atoms with Crippen LogP contribution in [-0.2, 0) is 16.6 Å². The van der Waals surface area contributed by atoms with Gasteiger partial charge in [0, 0.05) is 11.6 Å². The minimum atomic E-state index is -4.00. The third-order valence-corrected chi connectivity index (χ3v) is 5.58. The Labute approximate surface area is 145 Å².